The van der Waals surface area contributed by atoms with Gasteiger partial charge in [-0.25, -0.2) is 9.97 Å². The number of hydrogen-bond acceptors (Lipinski definition) is 6. The first-order chi connectivity index (χ1) is 11.2. The second-order valence-electron chi connectivity index (χ2n) is 5.39. The molecule has 0 radical (unpaired) electrons. The number of aryl methyl sites for hydroxylation is 2. The van der Waals surface area contributed by atoms with Crippen LogP contribution in [0.1, 0.15) is 11.5 Å². The van der Waals surface area contributed by atoms with Crippen LogP contribution in [0, 0.1) is 13.8 Å². The molecule has 8 heteroatoms. The maximum atomic E-state index is 5.08. The Hall–Kier alpha value is -3.29. The molecular formula is C15H11N7O. The Balaban J connectivity index is 2.04. The molecule has 5 rings (SSSR count). The topological polar surface area (TPSA) is 86.4 Å². The summed E-state index contributed by atoms with van der Waals surface area (Å²) >= 11 is 0. The lowest BCUT2D eigenvalue weighted by atomic mass is 10.1. The highest BCUT2D eigenvalue weighted by atomic mass is 16.5. The number of nitrogens with zero attached hydrogens (tertiary/aromatic N) is 7. The number of rotatable bonds is 1. The Kier molecular flexibility index (Phi) is 2.20. The fourth-order valence-corrected chi connectivity index (χ4v) is 2.98. The predicted octanol–water partition coefficient (Wildman–Crippen LogP) is 2.20. The molecule has 1 aromatic carbocycles. The molecule has 23 heavy (non-hydrogen) atoms. The number of imidazole rings is 1. The van der Waals surface area contributed by atoms with Crippen LogP contribution in [0.2, 0.25) is 0 Å². The third-order valence-electron chi connectivity index (χ3n) is 3.96. The first kappa shape index (κ1) is 12.3. The van der Waals surface area contributed by atoms with E-state index in [-0.39, 0.29) is 0 Å². The average molecular weight is 305 g/mol. The average Bonchev–Trinajstić information content (AvgIpc) is 3.24. The molecule has 0 amide bonds. The summed E-state index contributed by atoms with van der Waals surface area (Å²) in [6, 6.07) is 6.11. The summed E-state index contributed by atoms with van der Waals surface area (Å²) < 4.78 is 8.83. The van der Waals surface area contributed by atoms with Gasteiger partial charge in [-0.2, -0.15) is 14.6 Å². The number of benzene rings is 1. The lowest BCUT2D eigenvalue weighted by Crippen LogP contribution is -2.00. The Morgan fingerprint density at radius 3 is 2.87 bits per heavy atom. The van der Waals surface area contributed by atoms with Crippen molar-refractivity contribution in [1.82, 2.24) is 34.1 Å². The van der Waals surface area contributed by atoms with Crippen LogP contribution in [0.5, 0.6) is 0 Å². The van der Waals surface area contributed by atoms with Crippen molar-refractivity contribution in [3.8, 4) is 11.5 Å². The standard InChI is InChI=1S/C15H11N7O/c1-8-4-3-5-10-11(8)14-16-6-18-22(14)15-12(17-7-21(10)15)13-19-9(2)23-20-13/h3-7H,1-2H3. The number of aromatic nitrogens is 7. The minimum absolute atomic E-state index is 0.439. The molecule has 4 aromatic heterocycles. The summed E-state index contributed by atoms with van der Waals surface area (Å²) in [5, 5.41) is 9.38. The van der Waals surface area contributed by atoms with Crippen LogP contribution < -0.4 is 0 Å². The summed E-state index contributed by atoms with van der Waals surface area (Å²) in [4.78, 5) is 13.2. The smallest absolute Gasteiger partial charge is 0.224 e. The van der Waals surface area contributed by atoms with Crippen molar-refractivity contribution in [3.63, 3.8) is 0 Å². The van der Waals surface area contributed by atoms with Crippen molar-refractivity contribution >= 4 is 22.2 Å². The molecule has 0 aliphatic rings. The van der Waals surface area contributed by atoms with Crippen LogP contribution in [-0.4, -0.2) is 34.1 Å². The molecule has 0 spiro atoms. The zero-order chi connectivity index (χ0) is 15.6. The maximum absolute atomic E-state index is 5.08. The van der Waals surface area contributed by atoms with E-state index in [0.717, 1.165) is 27.8 Å². The molecule has 0 unspecified atom stereocenters. The molecule has 0 bridgehead atoms. The molecule has 0 aliphatic carbocycles. The van der Waals surface area contributed by atoms with Crippen LogP contribution in [0.25, 0.3) is 33.7 Å². The highest BCUT2D eigenvalue weighted by Gasteiger charge is 2.20. The van der Waals surface area contributed by atoms with E-state index in [1.165, 1.54) is 0 Å². The molecule has 0 fully saturated rings. The van der Waals surface area contributed by atoms with E-state index >= 15 is 0 Å². The normalized spacial score (nSPS) is 11.9. The molecule has 0 aliphatic heterocycles. The van der Waals surface area contributed by atoms with Gasteiger partial charge in [0, 0.05) is 12.3 Å². The van der Waals surface area contributed by atoms with Crippen molar-refractivity contribution in [2.45, 2.75) is 13.8 Å². The van der Waals surface area contributed by atoms with Gasteiger partial charge in [-0.1, -0.05) is 17.3 Å². The van der Waals surface area contributed by atoms with Gasteiger partial charge in [-0.15, -0.1) is 0 Å². The van der Waals surface area contributed by atoms with E-state index in [2.05, 4.69) is 38.2 Å². The van der Waals surface area contributed by atoms with Gasteiger partial charge < -0.3 is 4.52 Å². The van der Waals surface area contributed by atoms with Crippen LogP contribution in [0.4, 0.5) is 0 Å². The zero-order valence-corrected chi connectivity index (χ0v) is 12.4. The Labute approximate surface area is 129 Å². The van der Waals surface area contributed by atoms with Gasteiger partial charge in [0.25, 0.3) is 0 Å². The van der Waals surface area contributed by atoms with Crippen molar-refractivity contribution in [1.29, 1.82) is 0 Å². The largest absolute Gasteiger partial charge is 0.339 e. The van der Waals surface area contributed by atoms with Gasteiger partial charge in [0.15, 0.2) is 17.0 Å². The molecule has 8 nitrogen and oxygen atoms in total. The summed E-state index contributed by atoms with van der Waals surface area (Å²) in [6.07, 6.45) is 3.29. The van der Waals surface area contributed by atoms with Crippen LogP contribution in [0.3, 0.4) is 0 Å². The van der Waals surface area contributed by atoms with Crippen molar-refractivity contribution < 1.29 is 4.52 Å². The van der Waals surface area contributed by atoms with E-state index < -0.39 is 0 Å². The highest BCUT2D eigenvalue weighted by molar-refractivity contribution is 5.97. The molecule has 0 saturated carbocycles. The molecule has 112 valence electrons. The molecule has 5 aromatic rings. The first-order valence-corrected chi connectivity index (χ1v) is 7.13. The first-order valence-electron chi connectivity index (χ1n) is 7.13. The highest BCUT2D eigenvalue weighted by Crippen LogP contribution is 2.28. The summed E-state index contributed by atoms with van der Waals surface area (Å²) in [7, 11) is 0. The Morgan fingerprint density at radius 2 is 2.04 bits per heavy atom. The molecular weight excluding hydrogens is 294 g/mol. The zero-order valence-electron chi connectivity index (χ0n) is 12.4. The second-order valence-corrected chi connectivity index (χ2v) is 5.39. The van der Waals surface area contributed by atoms with Crippen molar-refractivity contribution in [3.05, 3.63) is 42.3 Å². The van der Waals surface area contributed by atoms with Gasteiger partial charge >= 0.3 is 0 Å². The van der Waals surface area contributed by atoms with E-state index in [9.17, 15) is 0 Å². The Morgan fingerprint density at radius 1 is 1.13 bits per heavy atom. The van der Waals surface area contributed by atoms with Gasteiger partial charge in [0.2, 0.25) is 11.7 Å². The molecule has 0 saturated heterocycles. The fraction of sp³-hybridized carbons (Fsp3) is 0.133. The quantitative estimate of drug-likeness (QED) is 0.472. The SMILES string of the molecule is Cc1nc(-c2ncn3c4cccc(C)c4c4ncnn4c23)no1. The minimum atomic E-state index is 0.439. The number of fused-ring (bicyclic) bond motifs is 6. The van der Waals surface area contributed by atoms with Gasteiger partial charge in [-0.3, -0.25) is 4.40 Å². The second kappa shape index (κ2) is 4.13. The number of hydrogen-bond donors (Lipinski definition) is 0. The molecule has 0 N–H and O–H groups in total. The predicted molar refractivity (Wildman–Crippen MR) is 82.0 cm³/mol. The third kappa shape index (κ3) is 1.52. The van der Waals surface area contributed by atoms with Gasteiger partial charge in [-0.05, 0) is 18.6 Å². The van der Waals surface area contributed by atoms with E-state index in [0.29, 0.717) is 17.4 Å². The summed E-state index contributed by atoms with van der Waals surface area (Å²) in [5.41, 5.74) is 4.30. The monoisotopic (exact) mass is 305 g/mol. The minimum Gasteiger partial charge on any atom is -0.339 e. The lowest BCUT2D eigenvalue weighted by Gasteiger charge is -2.07. The van der Waals surface area contributed by atoms with Crippen LogP contribution in [-0.2, 0) is 0 Å². The van der Waals surface area contributed by atoms with Crippen molar-refractivity contribution in [2.75, 3.05) is 0 Å². The fourth-order valence-electron chi connectivity index (χ4n) is 2.98. The lowest BCUT2D eigenvalue weighted by molar-refractivity contribution is 0.394. The Bertz CT molecular complexity index is 1200. The van der Waals surface area contributed by atoms with Crippen LogP contribution >= 0.6 is 0 Å². The van der Waals surface area contributed by atoms with Gasteiger partial charge in [0.05, 0.1) is 5.52 Å². The van der Waals surface area contributed by atoms with E-state index in [1.54, 1.807) is 24.1 Å². The van der Waals surface area contributed by atoms with Crippen LogP contribution in [0.15, 0.2) is 35.4 Å². The van der Waals surface area contributed by atoms with Gasteiger partial charge in [0.1, 0.15) is 12.7 Å². The van der Waals surface area contributed by atoms with E-state index in [1.807, 2.05) is 16.5 Å². The maximum Gasteiger partial charge on any atom is 0.224 e. The third-order valence-corrected chi connectivity index (χ3v) is 3.96. The molecule has 0 atom stereocenters. The summed E-state index contributed by atoms with van der Waals surface area (Å²) in [5.74, 6) is 0.932. The summed E-state index contributed by atoms with van der Waals surface area (Å²) in [6.45, 7) is 3.81. The molecule has 4 heterocycles. The van der Waals surface area contributed by atoms with E-state index in [4.69, 9.17) is 4.52 Å². The van der Waals surface area contributed by atoms with Crippen molar-refractivity contribution in [2.24, 2.45) is 0 Å².